The number of hydrogen-bond acceptors (Lipinski definition) is 3. The first kappa shape index (κ1) is 19.4. The van der Waals surface area contributed by atoms with Crippen molar-refractivity contribution in [3.05, 3.63) is 90.0 Å². The van der Waals surface area contributed by atoms with Gasteiger partial charge >= 0.3 is 0 Å². The minimum Gasteiger partial charge on any atom is -0.368 e. The number of para-hydroxylation sites is 1. The van der Waals surface area contributed by atoms with Crippen LogP contribution in [0.4, 0.5) is 17.1 Å². The SMILES string of the molecule is O=C(c1ccccc1)N1CCN(c2ccc(N3C(=O)CCc4ccccc43)cc2)CC1. The molecule has 5 heteroatoms. The molecular formula is C26H25N3O2. The molecule has 31 heavy (non-hydrogen) atoms. The van der Waals surface area contributed by atoms with Crippen LogP contribution < -0.4 is 9.80 Å². The number of benzene rings is 3. The van der Waals surface area contributed by atoms with Crippen LogP contribution in [0.3, 0.4) is 0 Å². The van der Waals surface area contributed by atoms with Crippen molar-refractivity contribution in [2.75, 3.05) is 36.0 Å². The van der Waals surface area contributed by atoms with E-state index in [2.05, 4.69) is 23.1 Å². The van der Waals surface area contributed by atoms with Crippen LogP contribution >= 0.6 is 0 Å². The minimum atomic E-state index is 0.0953. The van der Waals surface area contributed by atoms with E-state index in [1.165, 1.54) is 5.56 Å². The largest absolute Gasteiger partial charge is 0.368 e. The maximum atomic E-state index is 12.7. The second-order valence-electron chi connectivity index (χ2n) is 8.02. The normalized spacial score (nSPS) is 16.3. The van der Waals surface area contributed by atoms with Crippen LogP contribution in [0.1, 0.15) is 22.3 Å². The Bertz CT molecular complexity index is 1090. The van der Waals surface area contributed by atoms with E-state index in [9.17, 15) is 9.59 Å². The van der Waals surface area contributed by atoms with Gasteiger partial charge in [-0.2, -0.15) is 0 Å². The van der Waals surface area contributed by atoms with Gasteiger partial charge in [0.25, 0.3) is 5.91 Å². The third-order valence-corrected chi connectivity index (χ3v) is 6.15. The van der Waals surface area contributed by atoms with Gasteiger partial charge in [0.15, 0.2) is 0 Å². The lowest BCUT2D eigenvalue weighted by Gasteiger charge is -2.36. The first-order chi connectivity index (χ1) is 15.2. The maximum Gasteiger partial charge on any atom is 0.253 e. The molecule has 0 saturated carbocycles. The van der Waals surface area contributed by atoms with Gasteiger partial charge in [-0.15, -0.1) is 0 Å². The highest BCUT2D eigenvalue weighted by molar-refractivity contribution is 6.03. The van der Waals surface area contributed by atoms with E-state index in [1.807, 2.05) is 70.5 Å². The molecule has 2 heterocycles. The molecule has 1 fully saturated rings. The fourth-order valence-corrected chi connectivity index (χ4v) is 4.45. The molecule has 0 aliphatic carbocycles. The Morgan fingerprint density at radius 1 is 0.677 bits per heavy atom. The van der Waals surface area contributed by atoms with Gasteiger partial charge in [-0.25, -0.2) is 0 Å². The van der Waals surface area contributed by atoms with Crippen molar-refractivity contribution in [2.45, 2.75) is 12.8 Å². The third-order valence-electron chi connectivity index (χ3n) is 6.15. The van der Waals surface area contributed by atoms with Crippen molar-refractivity contribution in [2.24, 2.45) is 0 Å². The van der Waals surface area contributed by atoms with Crippen LogP contribution in [0.5, 0.6) is 0 Å². The van der Waals surface area contributed by atoms with Crippen LogP contribution in [0, 0.1) is 0 Å². The van der Waals surface area contributed by atoms with Crippen molar-refractivity contribution in [1.29, 1.82) is 0 Å². The minimum absolute atomic E-state index is 0.0953. The van der Waals surface area contributed by atoms with E-state index in [4.69, 9.17) is 0 Å². The molecule has 0 bridgehead atoms. The van der Waals surface area contributed by atoms with E-state index in [-0.39, 0.29) is 11.8 Å². The molecule has 0 aromatic heterocycles. The summed E-state index contributed by atoms with van der Waals surface area (Å²) in [7, 11) is 0. The monoisotopic (exact) mass is 411 g/mol. The number of fused-ring (bicyclic) bond motifs is 1. The number of rotatable bonds is 3. The van der Waals surface area contributed by atoms with Gasteiger partial charge in [-0.1, -0.05) is 36.4 Å². The van der Waals surface area contributed by atoms with Gasteiger partial charge in [-0.05, 0) is 54.4 Å². The van der Waals surface area contributed by atoms with Crippen LogP contribution in [0.15, 0.2) is 78.9 Å². The number of nitrogens with zero attached hydrogens (tertiary/aromatic N) is 3. The highest BCUT2D eigenvalue weighted by atomic mass is 16.2. The first-order valence-electron chi connectivity index (χ1n) is 10.8. The molecule has 0 unspecified atom stereocenters. The number of anilines is 3. The fourth-order valence-electron chi connectivity index (χ4n) is 4.45. The summed E-state index contributed by atoms with van der Waals surface area (Å²) < 4.78 is 0. The van der Waals surface area contributed by atoms with E-state index in [0.29, 0.717) is 19.5 Å². The lowest BCUT2D eigenvalue weighted by Crippen LogP contribution is -2.48. The summed E-state index contributed by atoms with van der Waals surface area (Å²) in [5.41, 5.74) is 4.96. The smallest absolute Gasteiger partial charge is 0.253 e. The molecule has 0 radical (unpaired) electrons. The Balaban J connectivity index is 1.28. The van der Waals surface area contributed by atoms with E-state index in [0.717, 1.165) is 42.1 Å². The van der Waals surface area contributed by atoms with E-state index >= 15 is 0 Å². The molecule has 2 amide bonds. The molecule has 3 aromatic carbocycles. The molecule has 3 aromatic rings. The van der Waals surface area contributed by atoms with E-state index < -0.39 is 0 Å². The quantitative estimate of drug-likeness (QED) is 0.647. The number of aryl methyl sites for hydroxylation is 1. The lowest BCUT2D eigenvalue weighted by atomic mass is 10.0. The molecule has 5 nitrogen and oxygen atoms in total. The zero-order valence-electron chi connectivity index (χ0n) is 17.4. The summed E-state index contributed by atoms with van der Waals surface area (Å²) in [5, 5.41) is 0. The predicted molar refractivity (Wildman–Crippen MR) is 123 cm³/mol. The highest BCUT2D eigenvalue weighted by Crippen LogP contribution is 2.35. The summed E-state index contributed by atoms with van der Waals surface area (Å²) in [6.45, 7) is 2.99. The second kappa shape index (κ2) is 8.26. The van der Waals surface area contributed by atoms with Crippen molar-refractivity contribution in [1.82, 2.24) is 4.90 Å². The van der Waals surface area contributed by atoms with Crippen molar-refractivity contribution in [3.8, 4) is 0 Å². The summed E-state index contributed by atoms with van der Waals surface area (Å²) >= 11 is 0. The second-order valence-corrected chi connectivity index (χ2v) is 8.02. The van der Waals surface area contributed by atoms with Crippen molar-refractivity contribution < 1.29 is 9.59 Å². The number of hydrogen-bond donors (Lipinski definition) is 0. The topological polar surface area (TPSA) is 43.9 Å². The molecule has 0 atom stereocenters. The van der Waals surface area contributed by atoms with Crippen LogP contribution in [0.2, 0.25) is 0 Å². The Kier molecular flexibility index (Phi) is 5.16. The van der Waals surface area contributed by atoms with Crippen LogP contribution in [-0.4, -0.2) is 42.9 Å². The molecule has 0 spiro atoms. The van der Waals surface area contributed by atoms with Gasteiger partial charge < -0.3 is 9.80 Å². The number of carbonyl (C=O) groups excluding carboxylic acids is 2. The molecule has 0 N–H and O–H groups in total. The van der Waals surface area contributed by atoms with Gasteiger partial charge in [0.1, 0.15) is 0 Å². The fraction of sp³-hybridized carbons (Fsp3) is 0.231. The summed E-state index contributed by atoms with van der Waals surface area (Å²) in [4.78, 5) is 31.4. The molecule has 1 saturated heterocycles. The van der Waals surface area contributed by atoms with Gasteiger partial charge in [-0.3, -0.25) is 14.5 Å². The summed E-state index contributed by atoms with van der Waals surface area (Å²) in [6, 6.07) is 25.8. The third kappa shape index (κ3) is 3.79. The summed E-state index contributed by atoms with van der Waals surface area (Å²) in [5.74, 6) is 0.234. The predicted octanol–water partition coefficient (Wildman–Crippen LogP) is 4.26. The molecular weight excluding hydrogens is 386 g/mol. The molecule has 2 aliphatic heterocycles. The molecule has 5 rings (SSSR count). The first-order valence-corrected chi connectivity index (χ1v) is 10.8. The Morgan fingerprint density at radius 2 is 1.32 bits per heavy atom. The molecule has 156 valence electrons. The van der Waals surface area contributed by atoms with E-state index in [1.54, 1.807) is 0 Å². The highest BCUT2D eigenvalue weighted by Gasteiger charge is 2.26. The number of amides is 2. The number of piperazine rings is 1. The lowest BCUT2D eigenvalue weighted by molar-refractivity contribution is -0.118. The zero-order valence-corrected chi connectivity index (χ0v) is 17.4. The standard InChI is InChI=1S/C26H25N3O2/c30-25-15-10-20-6-4-5-9-24(20)29(25)23-13-11-22(12-14-23)27-16-18-28(19-17-27)26(31)21-7-2-1-3-8-21/h1-9,11-14H,10,15-19H2. The van der Waals surface area contributed by atoms with Crippen molar-refractivity contribution >= 4 is 28.9 Å². The average molecular weight is 412 g/mol. The van der Waals surface area contributed by atoms with Crippen molar-refractivity contribution in [3.63, 3.8) is 0 Å². The maximum absolute atomic E-state index is 12.7. The summed E-state index contributed by atoms with van der Waals surface area (Å²) in [6.07, 6.45) is 1.34. The van der Waals surface area contributed by atoms with Crippen LogP contribution in [-0.2, 0) is 11.2 Å². The zero-order chi connectivity index (χ0) is 21.2. The Hall–Kier alpha value is -3.60. The van der Waals surface area contributed by atoms with Gasteiger partial charge in [0.2, 0.25) is 5.91 Å². The average Bonchev–Trinajstić information content (AvgIpc) is 2.84. The molecule has 2 aliphatic rings. The number of carbonyl (C=O) groups is 2. The van der Waals surface area contributed by atoms with Gasteiger partial charge in [0, 0.05) is 49.5 Å². The van der Waals surface area contributed by atoms with Gasteiger partial charge in [0.05, 0.1) is 5.69 Å². The Morgan fingerprint density at radius 3 is 2.06 bits per heavy atom. The Labute approximate surface area is 182 Å². The van der Waals surface area contributed by atoms with Crippen LogP contribution in [0.25, 0.3) is 0 Å².